The zero-order valence-electron chi connectivity index (χ0n) is 15.2. The van der Waals surface area contributed by atoms with Crippen LogP contribution < -0.4 is 20.1 Å². The molecule has 142 valence electrons. The van der Waals surface area contributed by atoms with Crippen LogP contribution in [0.25, 0.3) is 0 Å². The van der Waals surface area contributed by atoms with Crippen LogP contribution >= 0.6 is 35.6 Å². The summed E-state index contributed by atoms with van der Waals surface area (Å²) in [6.45, 7) is 3.27. The minimum atomic E-state index is -0.0506. The highest BCUT2D eigenvalue weighted by Gasteiger charge is 2.09. The molecule has 26 heavy (non-hydrogen) atoms. The molecule has 7 heteroatoms. The Morgan fingerprint density at radius 2 is 1.73 bits per heavy atom. The Morgan fingerprint density at radius 1 is 1.08 bits per heavy atom. The molecule has 0 aliphatic carbocycles. The van der Waals surface area contributed by atoms with E-state index in [0.717, 1.165) is 22.1 Å². The lowest BCUT2D eigenvalue weighted by Gasteiger charge is -2.19. The van der Waals surface area contributed by atoms with Crippen LogP contribution in [0.15, 0.2) is 53.5 Å². The van der Waals surface area contributed by atoms with Crippen LogP contribution in [0, 0.1) is 0 Å². The highest BCUT2D eigenvalue weighted by atomic mass is 127. The monoisotopic (exact) mass is 489 g/mol. The number of hydrogen-bond acceptors (Lipinski definition) is 3. The van der Waals surface area contributed by atoms with Crippen LogP contribution in [-0.2, 0) is 6.54 Å². The third-order valence-corrected chi connectivity index (χ3v) is 3.80. The Bertz CT molecular complexity index is 695. The average Bonchev–Trinajstić information content (AvgIpc) is 2.63. The van der Waals surface area contributed by atoms with Gasteiger partial charge in [0.05, 0.1) is 13.7 Å². The quantitative estimate of drug-likeness (QED) is 0.349. The van der Waals surface area contributed by atoms with E-state index in [4.69, 9.17) is 21.1 Å². The summed E-state index contributed by atoms with van der Waals surface area (Å²) >= 11 is 5.90. The Kier molecular flexibility index (Phi) is 10.2. The normalized spacial score (nSPS) is 11.9. The SMILES string of the molecule is CN=C(NCc1ccc(Cl)cc1)NCC(C)Oc1ccccc1OC.I. The summed E-state index contributed by atoms with van der Waals surface area (Å²) in [5, 5.41) is 7.25. The maximum Gasteiger partial charge on any atom is 0.191 e. The molecular formula is C19H25ClIN3O2. The number of nitrogens with zero attached hydrogens (tertiary/aromatic N) is 1. The maximum absolute atomic E-state index is 5.92. The van der Waals surface area contributed by atoms with Crippen molar-refractivity contribution in [2.45, 2.75) is 19.6 Å². The van der Waals surface area contributed by atoms with Crippen LogP contribution in [0.2, 0.25) is 5.02 Å². The molecule has 0 fully saturated rings. The Morgan fingerprint density at radius 3 is 2.35 bits per heavy atom. The number of methoxy groups -OCH3 is 1. The third kappa shape index (κ3) is 7.29. The van der Waals surface area contributed by atoms with E-state index < -0.39 is 0 Å². The summed E-state index contributed by atoms with van der Waals surface area (Å²) < 4.78 is 11.2. The number of halogens is 2. The first-order chi connectivity index (χ1) is 12.1. The standard InChI is InChI=1S/C19H24ClN3O2.HI/c1-14(25-18-7-5-4-6-17(18)24-3)12-22-19(21-2)23-13-15-8-10-16(20)11-9-15;/h4-11,14H,12-13H2,1-3H3,(H2,21,22,23);1H. The summed E-state index contributed by atoms with van der Waals surface area (Å²) in [5.74, 6) is 2.16. The van der Waals surface area contributed by atoms with Crippen LogP contribution in [0.5, 0.6) is 11.5 Å². The molecule has 0 saturated carbocycles. The van der Waals surface area contributed by atoms with Gasteiger partial charge < -0.3 is 20.1 Å². The van der Waals surface area contributed by atoms with Gasteiger partial charge in [0, 0.05) is 18.6 Å². The van der Waals surface area contributed by atoms with Gasteiger partial charge in [0.1, 0.15) is 6.10 Å². The first-order valence-electron chi connectivity index (χ1n) is 8.11. The van der Waals surface area contributed by atoms with Gasteiger partial charge in [0.2, 0.25) is 0 Å². The number of benzene rings is 2. The molecule has 1 atom stereocenters. The molecule has 2 rings (SSSR count). The lowest BCUT2D eigenvalue weighted by molar-refractivity contribution is 0.213. The molecule has 0 radical (unpaired) electrons. The number of para-hydroxylation sites is 2. The van der Waals surface area contributed by atoms with Crippen molar-refractivity contribution in [3.05, 3.63) is 59.1 Å². The van der Waals surface area contributed by atoms with E-state index in [2.05, 4.69) is 15.6 Å². The third-order valence-electron chi connectivity index (χ3n) is 3.55. The van der Waals surface area contributed by atoms with E-state index in [0.29, 0.717) is 19.0 Å². The molecular weight excluding hydrogens is 465 g/mol. The Hall–Kier alpha value is -1.67. The van der Waals surface area contributed by atoms with E-state index in [1.807, 2.05) is 55.5 Å². The molecule has 2 aromatic rings. The van der Waals surface area contributed by atoms with E-state index in [9.17, 15) is 0 Å². The van der Waals surface area contributed by atoms with Gasteiger partial charge in [-0.2, -0.15) is 0 Å². The van der Waals surface area contributed by atoms with Gasteiger partial charge in [-0.05, 0) is 36.8 Å². The van der Waals surface area contributed by atoms with Gasteiger partial charge >= 0.3 is 0 Å². The fourth-order valence-corrected chi connectivity index (χ4v) is 2.35. The number of ether oxygens (including phenoxy) is 2. The Balaban J connectivity index is 0.00000338. The molecule has 0 amide bonds. The van der Waals surface area contributed by atoms with Crippen LogP contribution in [0.3, 0.4) is 0 Å². The topological polar surface area (TPSA) is 54.9 Å². The van der Waals surface area contributed by atoms with E-state index in [1.54, 1.807) is 14.2 Å². The van der Waals surface area contributed by atoms with Gasteiger partial charge in [0.25, 0.3) is 0 Å². The van der Waals surface area contributed by atoms with Crippen molar-refractivity contribution >= 4 is 41.5 Å². The fraction of sp³-hybridized carbons (Fsp3) is 0.316. The highest BCUT2D eigenvalue weighted by Crippen LogP contribution is 2.26. The van der Waals surface area contributed by atoms with Crippen molar-refractivity contribution in [1.29, 1.82) is 0 Å². The molecule has 0 saturated heterocycles. The maximum atomic E-state index is 5.92. The van der Waals surface area contributed by atoms with Crippen LogP contribution in [0.4, 0.5) is 0 Å². The van der Waals surface area contributed by atoms with Crippen molar-refractivity contribution in [2.24, 2.45) is 4.99 Å². The van der Waals surface area contributed by atoms with E-state index >= 15 is 0 Å². The second-order valence-electron chi connectivity index (χ2n) is 5.51. The summed E-state index contributed by atoms with van der Waals surface area (Å²) in [6.07, 6.45) is -0.0506. The zero-order valence-corrected chi connectivity index (χ0v) is 18.2. The second kappa shape index (κ2) is 11.9. The first kappa shape index (κ1) is 22.4. The number of hydrogen-bond donors (Lipinski definition) is 2. The Labute approximate surface area is 177 Å². The lowest BCUT2D eigenvalue weighted by Crippen LogP contribution is -2.41. The van der Waals surface area contributed by atoms with Gasteiger partial charge in [-0.3, -0.25) is 4.99 Å². The minimum absolute atomic E-state index is 0. The predicted octanol–water partition coefficient (Wildman–Crippen LogP) is 4.10. The molecule has 0 aromatic heterocycles. The van der Waals surface area contributed by atoms with Crippen molar-refractivity contribution in [1.82, 2.24) is 10.6 Å². The summed E-state index contributed by atoms with van der Waals surface area (Å²) in [7, 11) is 3.37. The molecule has 2 aromatic carbocycles. The molecule has 0 aliphatic rings. The summed E-state index contributed by atoms with van der Waals surface area (Å²) in [4.78, 5) is 4.22. The van der Waals surface area contributed by atoms with Crippen molar-refractivity contribution in [2.75, 3.05) is 20.7 Å². The fourth-order valence-electron chi connectivity index (χ4n) is 2.22. The number of guanidine groups is 1. The molecule has 5 nitrogen and oxygen atoms in total. The molecule has 0 heterocycles. The minimum Gasteiger partial charge on any atom is -0.493 e. The highest BCUT2D eigenvalue weighted by molar-refractivity contribution is 14.0. The summed E-state index contributed by atoms with van der Waals surface area (Å²) in [6, 6.07) is 15.3. The van der Waals surface area contributed by atoms with Gasteiger partial charge in [0.15, 0.2) is 17.5 Å². The molecule has 0 bridgehead atoms. The predicted molar refractivity (Wildman–Crippen MR) is 118 cm³/mol. The largest absolute Gasteiger partial charge is 0.493 e. The first-order valence-corrected chi connectivity index (χ1v) is 8.48. The zero-order chi connectivity index (χ0) is 18.1. The molecule has 2 N–H and O–H groups in total. The van der Waals surface area contributed by atoms with Crippen molar-refractivity contribution in [3.63, 3.8) is 0 Å². The van der Waals surface area contributed by atoms with Crippen molar-refractivity contribution < 1.29 is 9.47 Å². The second-order valence-corrected chi connectivity index (χ2v) is 5.95. The van der Waals surface area contributed by atoms with Gasteiger partial charge in [-0.25, -0.2) is 0 Å². The van der Waals surface area contributed by atoms with Gasteiger partial charge in [-0.15, -0.1) is 24.0 Å². The van der Waals surface area contributed by atoms with Crippen molar-refractivity contribution in [3.8, 4) is 11.5 Å². The molecule has 0 spiro atoms. The van der Waals surface area contributed by atoms with Crippen LogP contribution in [0.1, 0.15) is 12.5 Å². The smallest absolute Gasteiger partial charge is 0.191 e. The number of aliphatic imine (C=N–C) groups is 1. The number of rotatable bonds is 7. The van der Waals surface area contributed by atoms with E-state index in [-0.39, 0.29) is 30.1 Å². The lowest BCUT2D eigenvalue weighted by atomic mass is 10.2. The number of nitrogens with one attached hydrogen (secondary N) is 2. The summed E-state index contributed by atoms with van der Waals surface area (Å²) in [5.41, 5.74) is 1.13. The average molecular weight is 490 g/mol. The van der Waals surface area contributed by atoms with E-state index in [1.165, 1.54) is 0 Å². The van der Waals surface area contributed by atoms with Crippen LogP contribution in [-0.4, -0.2) is 32.8 Å². The molecule has 0 aliphatic heterocycles. The van der Waals surface area contributed by atoms with Gasteiger partial charge in [-0.1, -0.05) is 35.9 Å². The molecule has 1 unspecified atom stereocenters.